The van der Waals surface area contributed by atoms with Crippen LogP contribution in [0, 0.1) is 10.1 Å². The number of aliphatic hydroxyl groups is 1. The number of aromatic nitrogens is 2. The van der Waals surface area contributed by atoms with Crippen LogP contribution < -0.4 is 5.32 Å². The summed E-state index contributed by atoms with van der Waals surface area (Å²) in [7, 11) is 0. The predicted molar refractivity (Wildman–Crippen MR) is 53.9 cm³/mol. The Morgan fingerprint density at radius 2 is 2.21 bits per heavy atom. The Morgan fingerprint density at radius 3 is 2.68 bits per heavy atom. The van der Waals surface area contributed by atoms with Crippen LogP contribution in [0.1, 0.15) is 5.69 Å². The van der Waals surface area contributed by atoms with Crippen LogP contribution in [0.4, 0.5) is 19.0 Å². The molecule has 1 rings (SSSR count). The van der Waals surface area contributed by atoms with Gasteiger partial charge in [-0.15, -0.1) is 0 Å². The standard InChI is InChI=1S/C8H9F3N4O4/c9-8(10,11)3-12-6(17)1-14-4-13-7(15(18)19)5(14)2-16/h4,16H,1-3H2,(H,12,17). The fourth-order valence-corrected chi connectivity index (χ4v) is 1.26. The van der Waals surface area contributed by atoms with E-state index in [1.807, 2.05) is 0 Å². The van der Waals surface area contributed by atoms with Crippen LogP contribution in [0.2, 0.25) is 0 Å². The van der Waals surface area contributed by atoms with E-state index >= 15 is 0 Å². The second-order valence-electron chi connectivity index (χ2n) is 3.45. The minimum atomic E-state index is -4.55. The number of rotatable bonds is 5. The number of alkyl halides is 3. The summed E-state index contributed by atoms with van der Waals surface area (Å²) in [6.07, 6.45) is -3.65. The number of nitro groups is 1. The molecule has 0 aromatic carbocycles. The number of imidazole rings is 1. The van der Waals surface area contributed by atoms with E-state index in [0.29, 0.717) is 0 Å². The van der Waals surface area contributed by atoms with Crippen LogP contribution in [0.15, 0.2) is 6.33 Å². The lowest BCUT2D eigenvalue weighted by atomic mass is 10.4. The predicted octanol–water partition coefficient (Wildman–Crippen LogP) is -0.0379. The van der Waals surface area contributed by atoms with Gasteiger partial charge < -0.3 is 20.5 Å². The van der Waals surface area contributed by atoms with Gasteiger partial charge in [-0.2, -0.15) is 13.2 Å². The van der Waals surface area contributed by atoms with Crippen molar-refractivity contribution in [3.05, 3.63) is 22.1 Å². The van der Waals surface area contributed by atoms with E-state index in [0.717, 1.165) is 10.9 Å². The molecule has 0 spiro atoms. The van der Waals surface area contributed by atoms with Crippen molar-refractivity contribution in [3.63, 3.8) is 0 Å². The summed E-state index contributed by atoms with van der Waals surface area (Å²) in [5.74, 6) is -1.65. The summed E-state index contributed by atoms with van der Waals surface area (Å²) in [5, 5.41) is 21.0. The highest BCUT2D eigenvalue weighted by Gasteiger charge is 2.28. The first kappa shape index (κ1) is 14.9. The number of amides is 1. The van der Waals surface area contributed by atoms with Gasteiger partial charge in [0.2, 0.25) is 12.2 Å². The van der Waals surface area contributed by atoms with Gasteiger partial charge in [0.05, 0.1) is 6.61 Å². The van der Waals surface area contributed by atoms with Gasteiger partial charge in [-0.1, -0.05) is 0 Å². The van der Waals surface area contributed by atoms with Crippen LogP contribution in [-0.4, -0.2) is 38.2 Å². The molecule has 2 N–H and O–H groups in total. The van der Waals surface area contributed by atoms with E-state index in [2.05, 4.69) is 4.98 Å². The molecular weight excluding hydrogens is 273 g/mol. The third kappa shape index (κ3) is 4.21. The minimum Gasteiger partial charge on any atom is -0.390 e. The second-order valence-corrected chi connectivity index (χ2v) is 3.45. The van der Waals surface area contributed by atoms with E-state index in [1.54, 1.807) is 5.32 Å². The molecule has 0 aliphatic rings. The van der Waals surface area contributed by atoms with Crippen molar-refractivity contribution in [3.8, 4) is 0 Å². The fraction of sp³-hybridized carbons (Fsp3) is 0.500. The highest BCUT2D eigenvalue weighted by atomic mass is 19.4. The smallest absolute Gasteiger partial charge is 0.390 e. The van der Waals surface area contributed by atoms with Gasteiger partial charge in [0, 0.05) is 0 Å². The number of hydrogen-bond acceptors (Lipinski definition) is 5. The molecule has 1 heterocycles. The first-order valence-electron chi connectivity index (χ1n) is 4.87. The van der Waals surface area contributed by atoms with Crippen LogP contribution in [0.5, 0.6) is 0 Å². The topological polar surface area (TPSA) is 110 Å². The molecule has 1 amide bonds. The Kier molecular flexibility index (Phi) is 4.43. The maximum atomic E-state index is 11.8. The molecule has 0 fully saturated rings. The molecular formula is C8H9F3N4O4. The van der Waals surface area contributed by atoms with E-state index in [-0.39, 0.29) is 5.69 Å². The average molecular weight is 282 g/mol. The number of halogens is 3. The maximum Gasteiger partial charge on any atom is 0.405 e. The van der Waals surface area contributed by atoms with Gasteiger partial charge in [0.1, 0.15) is 18.8 Å². The van der Waals surface area contributed by atoms with Crippen molar-refractivity contribution in [2.45, 2.75) is 19.3 Å². The summed E-state index contributed by atoms with van der Waals surface area (Å²) >= 11 is 0. The molecule has 19 heavy (non-hydrogen) atoms. The maximum absolute atomic E-state index is 11.8. The lowest BCUT2D eigenvalue weighted by molar-refractivity contribution is -0.390. The number of nitrogens with zero attached hydrogens (tertiary/aromatic N) is 3. The normalized spacial score (nSPS) is 11.4. The molecule has 0 radical (unpaired) electrons. The van der Waals surface area contributed by atoms with Crippen LogP contribution in [0.3, 0.4) is 0 Å². The van der Waals surface area contributed by atoms with Gasteiger partial charge in [-0.3, -0.25) is 9.36 Å². The first-order valence-corrected chi connectivity index (χ1v) is 4.87. The number of carbonyl (C=O) groups is 1. The second kappa shape index (κ2) is 5.65. The summed E-state index contributed by atoms with van der Waals surface area (Å²) in [6.45, 7) is -2.87. The summed E-state index contributed by atoms with van der Waals surface area (Å²) in [4.78, 5) is 24.2. The Morgan fingerprint density at radius 1 is 1.58 bits per heavy atom. The monoisotopic (exact) mass is 282 g/mol. The molecule has 8 nitrogen and oxygen atoms in total. The summed E-state index contributed by atoms with van der Waals surface area (Å²) in [5.41, 5.74) is -0.257. The SMILES string of the molecule is O=C(Cn1cnc([N+](=O)[O-])c1CO)NCC(F)(F)F. The molecule has 0 saturated heterocycles. The quantitative estimate of drug-likeness (QED) is 0.581. The number of carbonyl (C=O) groups excluding carboxylic acids is 1. The van der Waals surface area contributed by atoms with Gasteiger partial charge in [0.15, 0.2) is 0 Å². The highest BCUT2D eigenvalue weighted by Crippen LogP contribution is 2.16. The Hall–Kier alpha value is -2.17. The van der Waals surface area contributed by atoms with E-state index in [4.69, 9.17) is 5.11 Å². The Labute approximate surface area is 104 Å². The molecule has 1 aromatic heterocycles. The number of aliphatic hydroxyl groups excluding tert-OH is 1. The molecule has 0 saturated carbocycles. The molecule has 1 aromatic rings. The zero-order valence-corrected chi connectivity index (χ0v) is 9.35. The third-order valence-electron chi connectivity index (χ3n) is 2.05. The molecule has 0 bridgehead atoms. The van der Waals surface area contributed by atoms with Crippen LogP contribution in [-0.2, 0) is 17.9 Å². The lowest BCUT2D eigenvalue weighted by Crippen LogP contribution is -2.35. The zero-order valence-electron chi connectivity index (χ0n) is 9.35. The van der Waals surface area contributed by atoms with Crippen LogP contribution >= 0.6 is 0 Å². The molecule has 106 valence electrons. The summed E-state index contributed by atoms with van der Waals surface area (Å²) in [6, 6.07) is 0. The molecule has 11 heteroatoms. The Balaban J connectivity index is 2.72. The third-order valence-corrected chi connectivity index (χ3v) is 2.05. The van der Waals surface area contributed by atoms with Crippen molar-refractivity contribution in [1.82, 2.24) is 14.9 Å². The van der Waals surface area contributed by atoms with Crippen LogP contribution in [0.25, 0.3) is 0 Å². The van der Waals surface area contributed by atoms with Gasteiger partial charge in [-0.25, -0.2) is 0 Å². The Bertz CT molecular complexity index is 485. The van der Waals surface area contributed by atoms with E-state index in [9.17, 15) is 28.1 Å². The lowest BCUT2D eigenvalue weighted by Gasteiger charge is -2.09. The molecule has 0 atom stereocenters. The van der Waals surface area contributed by atoms with Crippen molar-refractivity contribution in [1.29, 1.82) is 0 Å². The largest absolute Gasteiger partial charge is 0.405 e. The van der Waals surface area contributed by atoms with E-state index < -0.39 is 42.5 Å². The van der Waals surface area contributed by atoms with Gasteiger partial charge in [-0.05, 0) is 9.91 Å². The van der Waals surface area contributed by atoms with Crippen molar-refractivity contribution in [2.75, 3.05) is 6.54 Å². The van der Waals surface area contributed by atoms with Crippen molar-refractivity contribution < 1.29 is 28.0 Å². The minimum absolute atomic E-state index is 0.257. The van der Waals surface area contributed by atoms with E-state index in [1.165, 1.54) is 0 Å². The molecule has 0 aliphatic heterocycles. The first-order chi connectivity index (χ1) is 8.74. The fourth-order valence-electron chi connectivity index (χ4n) is 1.26. The zero-order chi connectivity index (χ0) is 14.6. The molecule has 0 unspecified atom stereocenters. The number of hydrogen-bond donors (Lipinski definition) is 2. The average Bonchev–Trinajstić information content (AvgIpc) is 2.68. The van der Waals surface area contributed by atoms with Crippen molar-refractivity contribution >= 4 is 11.7 Å². The summed E-state index contributed by atoms with van der Waals surface area (Å²) < 4.78 is 36.4. The van der Waals surface area contributed by atoms with Crippen molar-refractivity contribution in [2.24, 2.45) is 0 Å². The van der Waals surface area contributed by atoms with Gasteiger partial charge in [0.25, 0.3) is 0 Å². The van der Waals surface area contributed by atoms with Gasteiger partial charge >= 0.3 is 12.0 Å². The highest BCUT2D eigenvalue weighted by molar-refractivity contribution is 5.75. The number of nitrogens with one attached hydrogen (secondary N) is 1. The molecule has 0 aliphatic carbocycles.